The number of carbonyl (C=O) groups excluding carboxylic acids is 1. The lowest BCUT2D eigenvalue weighted by Crippen LogP contribution is -2.36. The summed E-state index contributed by atoms with van der Waals surface area (Å²) in [6, 6.07) is 14.1. The number of carbonyl (C=O) groups is 1. The van der Waals surface area contributed by atoms with Crippen LogP contribution in [0.4, 0.5) is 0 Å². The van der Waals surface area contributed by atoms with Crippen molar-refractivity contribution in [1.29, 1.82) is 0 Å². The van der Waals surface area contributed by atoms with Gasteiger partial charge in [-0.05, 0) is 60.2 Å². The van der Waals surface area contributed by atoms with Crippen LogP contribution in [0.15, 0.2) is 51.8 Å². The maximum absolute atomic E-state index is 13.4. The van der Waals surface area contributed by atoms with E-state index in [0.717, 1.165) is 39.1 Å². The van der Waals surface area contributed by atoms with Crippen molar-refractivity contribution in [1.82, 2.24) is 9.47 Å². The predicted molar refractivity (Wildman–Crippen MR) is 131 cm³/mol. The highest BCUT2D eigenvalue weighted by Crippen LogP contribution is 2.37. The van der Waals surface area contributed by atoms with Gasteiger partial charge in [-0.15, -0.1) is 11.8 Å². The van der Waals surface area contributed by atoms with E-state index in [0.29, 0.717) is 17.1 Å². The fraction of sp³-hybridized carbons (Fsp3) is 0.375. The summed E-state index contributed by atoms with van der Waals surface area (Å²) in [7, 11) is 3.62. The number of halogens is 1. The van der Waals surface area contributed by atoms with E-state index in [9.17, 15) is 4.79 Å². The summed E-state index contributed by atoms with van der Waals surface area (Å²) in [6.45, 7) is 7.69. The highest BCUT2D eigenvalue weighted by Gasteiger charge is 2.26. The van der Waals surface area contributed by atoms with E-state index in [4.69, 9.17) is 9.47 Å². The van der Waals surface area contributed by atoms with Crippen LogP contribution in [0, 0.1) is 0 Å². The summed E-state index contributed by atoms with van der Waals surface area (Å²) < 4.78 is 14.3. The Balaban J connectivity index is 2.05. The first-order valence-electron chi connectivity index (χ1n) is 10.4. The minimum atomic E-state index is -0.307. The van der Waals surface area contributed by atoms with E-state index < -0.39 is 0 Å². The number of aryl methyl sites for hydroxylation is 1. The smallest absolute Gasteiger partial charge is 0.342 e. The minimum Gasteiger partial charge on any atom is -0.496 e. The molecule has 0 fully saturated rings. The molecular weight excluding hydrogens is 476 g/mol. The molecular formula is C24H29BrN2O3S. The van der Waals surface area contributed by atoms with Crippen LogP contribution in [-0.4, -0.2) is 41.9 Å². The number of rotatable bonds is 9. The highest BCUT2D eigenvalue weighted by molar-refractivity contribution is 9.10. The number of fused-ring (bicyclic) bond motifs is 1. The molecule has 0 bridgehead atoms. The van der Waals surface area contributed by atoms with E-state index in [2.05, 4.69) is 51.4 Å². The van der Waals surface area contributed by atoms with Crippen LogP contribution in [0.2, 0.25) is 0 Å². The van der Waals surface area contributed by atoms with Gasteiger partial charge in [0.15, 0.2) is 6.23 Å². The van der Waals surface area contributed by atoms with Gasteiger partial charge in [-0.1, -0.05) is 32.0 Å². The predicted octanol–water partition coefficient (Wildman–Crippen LogP) is 6.09. The zero-order valence-corrected chi connectivity index (χ0v) is 21.0. The van der Waals surface area contributed by atoms with Crippen molar-refractivity contribution in [2.75, 3.05) is 20.2 Å². The van der Waals surface area contributed by atoms with Crippen LogP contribution in [0.3, 0.4) is 0 Å². The third-order valence-corrected chi connectivity index (χ3v) is 7.16. The number of methoxy groups -OCH3 is 1. The molecule has 31 heavy (non-hydrogen) atoms. The average molecular weight is 505 g/mol. The van der Waals surface area contributed by atoms with Gasteiger partial charge in [-0.2, -0.15) is 0 Å². The Kier molecular flexibility index (Phi) is 8.08. The normalized spacial score (nSPS) is 12.4. The topological polar surface area (TPSA) is 43.7 Å². The Morgan fingerprint density at radius 3 is 2.48 bits per heavy atom. The van der Waals surface area contributed by atoms with Crippen molar-refractivity contribution in [3.05, 3.63) is 58.2 Å². The molecule has 7 heteroatoms. The molecule has 0 aliphatic rings. The van der Waals surface area contributed by atoms with Crippen molar-refractivity contribution in [2.24, 2.45) is 7.05 Å². The monoisotopic (exact) mass is 504 g/mol. The molecule has 0 spiro atoms. The Labute approximate surface area is 196 Å². The summed E-state index contributed by atoms with van der Waals surface area (Å²) >= 11 is 5.27. The number of hydrogen-bond acceptors (Lipinski definition) is 5. The number of esters is 1. The molecule has 0 aliphatic heterocycles. The van der Waals surface area contributed by atoms with Gasteiger partial charge in [0.1, 0.15) is 5.75 Å². The van der Waals surface area contributed by atoms with Crippen molar-refractivity contribution < 1.29 is 14.3 Å². The summed E-state index contributed by atoms with van der Waals surface area (Å²) in [5.41, 5.74) is 2.49. The number of aromatic nitrogens is 1. The van der Waals surface area contributed by atoms with E-state index in [1.165, 1.54) is 0 Å². The first kappa shape index (κ1) is 23.7. The molecule has 0 saturated carbocycles. The summed E-state index contributed by atoms with van der Waals surface area (Å²) in [6.07, 6.45) is -0.301. The first-order valence-corrected chi connectivity index (χ1v) is 12.2. The Hall–Kier alpha value is -1.96. The van der Waals surface area contributed by atoms with Gasteiger partial charge in [-0.25, -0.2) is 4.79 Å². The van der Waals surface area contributed by atoms with Crippen LogP contribution in [0.5, 0.6) is 5.75 Å². The molecule has 1 aromatic heterocycles. The summed E-state index contributed by atoms with van der Waals surface area (Å²) in [5, 5.41) is 0.836. The summed E-state index contributed by atoms with van der Waals surface area (Å²) in [5.74, 6) is 1.03. The zero-order valence-electron chi connectivity index (χ0n) is 18.6. The van der Waals surface area contributed by atoms with E-state index in [1.54, 1.807) is 18.9 Å². The van der Waals surface area contributed by atoms with Gasteiger partial charge < -0.3 is 14.0 Å². The Morgan fingerprint density at radius 2 is 1.87 bits per heavy atom. The molecule has 0 amide bonds. The van der Waals surface area contributed by atoms with Crippen LogP contribution >= 0.6 is 27.7 Å². The molecule has 1 atom stereocenters. The maximum atomic E-state index is 13.4. The van der Waals surface area contributed by atoms with Gasteiger partial charge in [0, 0.05) is 28.8 Å². The van der Waals surface area contributed by atoms with E-state index in [1.807, 2.05) is 44.3 Å². The van der Waals surface area contributed by atoms with Crippen LogP contribution < -0.4 is 4.74 Å². The Bertz CT molecular complexity index is 1050. The lowest BCUT2D eigenvalue weighted by Gasteiger charge is -2.26. The minimum absolute atomic E-state index is 0.301. The molecule has 0 aliphatic carbocycles. The van der Waals surface area contributed by atoms with Crippen LogP contribution in [0.25, 0.3) is 10.9 Å². The first-order chi connectivity index (χ1) is 14.9. The number of thioether (sulfide) groups is 1. The molecule has 5 nitrogen and oxygen atoms in total. The second-order valence-corrected chi connectivity index (χ2v) is 9.12. The lowest BCUT2D eigenvalue weighted by molar-refractivity contribution is -0.0196. The molecule has 0 saturated heterocycles. The van der Waals surface area contributed by atoms with Crippen molar-refractivity contribution >= 4 is 44.6 Å². The van der Waals surface area contributed by atoms with Gasteiger partial charge in [0.25, 0.3) is 0 Å². The molecule has 166 valence electrons. The van der Waals surface area contributed by atoms with Gasteiger partial charge in [0.05, 0.1) is 22.7 Å². The fourth-order valence-corrected chi connectivity index (χ4v) is 5.22. The highest BCUT2D eigenvalue weighted by atomic mass is 79.9. The third-order valence-electron chi connectivity index (χ3n) is 5.52. The molecule has 1 heterocycles. The molecule has 0 N–H and O–H groups in total. The number of benzene rings is 2. The number of nitrogens with zero attached hydrogens (tertiary/aromatic N) is 2. The second kappa shape index (κ2) is 10.6. The molecule has 2 aromatic carbocycles. The molecule has 3 aromatic rings. The summed E-state index contributed by atoms with van der Waals surface area (Å²) in [4.78, 5) is 16.7. The zero-order chi connectivity index (χ0) is 22.5. The average Bonchev–Trinajstić information content (AvgIpc) is 3.04. The largest absolute Gasteiger partial charge is 0.496 e. The van der Waals surface area contributed by atoms with Crippen LogP contribution in [-0.2, 0) is 17.5 Å². The van der Waals surface area contributed by atoms with Gasteiger partial charge >= 0.3 is 5.97 Å². The SMILES string of the molecule is CCN(CC)C(C)OC(=O)c1c(CSc2ccccc2)n(C)c2cc(Br)c(OC)cc12. The standard InChI is InChI=1S/C24H29BrN2O3S/c1-6-27(7-2)16(3)30-24(28)23-18-13-22(29-5)19(25)14-20(18)26(4)21(23)15-31-17-11-9-8-10-12-17/h8-14,16H,6-7,15H2,1-5H3. The Morgan fingerprint density at radius 1 is 1.19 bits per heavy atom. The van der Waals surface area contributed by atoms with E-state index in [-0.39, 0.29) is 12.2 Å². The van der Waals surface area contributed by atoms with Crippen LogP contribution in [0.1, 0.15) is 36.8 Å². The molecule has 1 unspecified atom stereocenters. The second-order valence-electron chi connectivity index (χ2n) is 7.21. The quantitative estimate of drug-likeness (QED) is 0.200. The van der Waals surface area contributed by atoms with Crippen molar-refractivity contribution in [3.63, 3.8) is 0 Å². The fourth-order valence-electron chi connectivity index (χ4n) is 3.74. The van der Waals surface area contributed by atoms with Gasteiger partial charge in [0.2, 0.25) is 0 Å². The van der Waals surface area contributed by atoms with E-state index >= 15 is 0 Å². The van der Waals surface area contributed by atoms with Gasteiger partial charge in [-0.3, -0.25) is 4.90 Å². The molecule has 3 rings (SSSR count). The van der Waals surface area contributed by atoms with Crippen molar-refractivity contribution in [2.45, 2.75) is 37.6 Å². The number of ether oxygens (including phenoxy) is 2. The molecule has 0 radical (unpaired) electrons. The number of hydrogen-bond donors (Lipinski definition) is 0. The maximum Gasteiger partial charge on any atom is 0.342 e. The third kappa shape index (κ3) is 5.10. The lowest BCUT2D eigenvalue weighted by atomic mass is 10.1. The van der Waals surface area contributed by atoms with Crippen molar-refractivity contribution in [3.8, 4) is 5.75 Å².